The third-order valence-corrected chi connectivity index (χ3v) is 5.35. The van der Waals surface area contributed by atoms with Crippen molar-refractivity contribution in [3.05, 3.63) is 77.9 Å². The van der Waals surface area contributed by atoms with Crippen LogP contribution >= 0.6 is 0 Å². The monoisotopic (exact) mass is 434 g/mol. The van der Waals surface area contributed by atoms with Crippen molar-refractivity contribution in [1.82, 2.24) is 20.6 Å². The molecule has 0 unspecified atom stereocenters. The maximum Gasteiger partial charge on any atom is 0.407 e. The fourth-order valence-electron chi connectivity index (χ4n) is 3.86. The fourth-order valence-corrected chi connectivity index (χ4v) is 3.86. The van der Waals surface area contributed by atoms with Crippen molar-refractivity contribution < 1.29 is 24.2 Å². The topological polar surface area (TPSA) is 133 Å². The first kappa shape index (κ1) is 21.1. The number of nitrogens with one attached hydrogen (secondary N) is 3. The van der Waals surface area contributed by atoms with Crippen LogP contribution in [0.15, 0.2) is 61.1 Å². The summed E-state index contributed by atoms with van der Waals surface area (Å²) >= 11 is 0. The number of benzene rings is 2. The van der Waals surface area contributed by atoms with Gasteiger partial charge >= 0.3 is 12.1 Å². The molecule has 4 N–H and O–H groups in total. The Kier molecular flexibility index (Phi) is 6.16. The molecular weight excluding hydrogens is 412 g/mol. The Hall–Kier alpha value is -4.14. The number of amides is 2. The summed E-state index contributed by atoms with van der Waals surface area (Å²) in [6.45, 7) is -0.275. The van der Waals surface area contributed by atoms with Gasteiger partial charge in [-0.3, -0.25) is 4.79 Å². The van der Waals surface area contributed by atoms with E-state index in [0.29, 0.717) is 5.69 Å². The molecule has 3 aromatic rings. The second kappa shape index (κ2) is 9.34. The third kappa shape index (κ3) is 4.61. The molecule has 9 nitrogen and oxygen atoms in total. The van der Waals surface area contributed by atoms with Crippen LogP contribution < -0.4 is 10.6 Å². The van der Waals surface area contributed by atoms with Crippen molar-refractivity contribution in [1.29, 1.82) is 0 Å². The van der Waals surface area contributed by atoms with E-state index in [0.717, 1.165) is 22.3 Å². The van der Waals surface area contributed by atoms with Crippen LogP contribution in [-0.4, -0.2) is 52.2 Å². The van der Waals surface area contributed by atoms with Gasteiger partial charge in [0, 0.05) is 24.2 Å². The minimum Gasteiger partial charge on any atom is -0.480 e. The number of H-pyrrole nitrogens is 1. The van der Waals surface area contributed by atoms with E-state index in [1.54, 1.807) is 0 Å². The highest BCUT2D eigenvalue weighted by Gasteiger charge is 2.29. The maximum atomic E-state index is 12.2. The molecule has 0 radical (unpaired) electrons. The lowest BCUT2D eigenvalue weighted by Gasteiger charge is -2.16. The zero-order valence-corrected chi connectivity index (χ0v) is 17.1. The normalized spacial score (nSPS) is 13.0. The molecule has 4 rings (SSSR count). The second-order valence-electron chi connectivity index (χ2n) is 7.42. The summed E-state index contributed by atoms with van der Waals surface area (Å²) in [5, 5.41) is 14.1. The summed E-state index contributed by atoms with van der Waals surface area (Å²) in [5.74, 6) is -1.91. The Labute approximate surface area is 183 Å². The first-order valence-corrected chi connectivity index (χ1v) is 10.1. The van der Waals surface area contributed by atoms with Gasteiger partial charge in [0.2, 0.25) is 5.91 Å². The quantitative estimate of drug-likeness (QED) is 0.429. The number of aromatic amines is 1. The number of carboxylic acids is 1. The molecule has 0 saturated carbocycles. The summed E-state index contributed by atoms with van der Waals surface area (Å²) in [7, 11) is 0. The van der Waals surface area contributed by atoms with E-state index in [1.807, 2.05) is 48.5 Å². The summed E-state index contributed by atoms with van der Waals surface area (Å²) in [6.07, 6.45) is 2.21. The number of rotatable bonds is 8. The highest BCUT2D eigenvalue weighted by atomic mass is 16.5. The van der Waals surface area contributed by atoms with E-state index in [1.165, 1.54) is 12.5 Å². The first-order valence-electron chi connectivity index (χ1n) is 10.1. The Morgan fingerprint density at radius 2 is 1.72 bits per heavy atom. The van der Waals surface area contributed by atoms with Gasteiger partial charge in [-0.05, 0) is 22.3 Å². The molecule has 32 heavy (non-hydrogen) atoms. The molecule has 1 atom stereocenters. The van der Waals surface area contributed by atoms with E-state index in [9.17, 15) is 19.5 Å². The Balaban J connectivity index is 1.29. The average Bonchev–Trinajstić information content (AvgIpc) is 3.42. The number of nitrogens with zero attached hydrogens (tertiary/aromatic N) is 1. The van der Waals surface area contributed by atoms with Crippen molar-refractivity contribution in [3.63, 3.8) is 0 Å². The molecule has 0 bridgehead atoms. The maximum absolute atomic E-state index is 12.2. The van der Waals surface area contributed by atoms with Crippen molar-refractivity contribution in [2.45, 2.75) is 18.4 Å². The predicted molar refractivity (Wildman–Crippen MR) is 115 cm³/mol. The standard InChI is InChI=1S/C23H22N4O5/c28-21(27-20(22(29)30)9-14-10-24-13-26-14)11-25-23(31)32-12-19-17-7-3-1-5-15(17)16-6-2-4-8-18(16)19/h1-8,10,13,19-20H,9,11-12H2,(H,24,26)(H,25,31)(H,27,28)(H,29,30)/t20-/m1/s1. The molecule has 164 valence electrons. The van der Waals surface area contributed by atoms with E-state index < -0.39 is 30.6 Å². The number of alkyl carbamates (subject to hydrolysis) is 1. The van der Waals surface area contributed by atoms with Crippen LogP contribution in [0.1, 0.15) is 22.7 Å². The van der Waals surface area contributed by atoms with Gasteiger partial charge in [-0.25, -0.2) is 14.6 Å². The van der Waals surface area contributed by atoms with Crippen molar-refractivity contribution in [2.24, 2.45) is 0 Å². The van der Waals surface area contributed by atoms with Crippen LogP contribution in [0.25, 0.3) is 11.1 Å². The van der Waals surface area contributed by atoms with Crippen LogP contribution in [-0.2, 0) is 20.7 Å². The molecule has 0 aliphatic heterocycles. The number of ether oxygens (including phenoxy) is 1. The van der Waals surface area contributed by atoms with E-state index in [-0.39, 0.29) is 18.9 Å². The number of hydrogen-bond donors (Lipinski definition) is 4. The minimum atomic E-state index is -1.19. The van der Waals surface area contributed by atoms with Crippen molar-refractivity contribution >= 4 is 18.0 Å². The lowest BCUT2D eigenvalue weighted by Crippen LogP contribution is -2.46. The van der Waals surface area contributed by atoms with Gasteiger partial charge in [-0.2, -0.15) is 0 Å². The zero-order valence-electron chi connectivity index (χ0n) is 17.1. The number of imidazole rings is 1. The largest absolute Gasteiger partial charge is 0.480 e. The van der Waals surface area contributed by atoms with Crippen molar-refractivity contribution in [3.8, 4) is 11.1 Å². The highest BCUT2D eigenvalue weighted by molar-refractivity contribution is 5.86. The number of fused-ring (bicyclic) bond motifs is 3. The molecule has 1 heterocycles. The van der Waals surface area contributed by atoms with Gasteiger partial charge in [0.25, 0.3) is 0 Å². The Morgan fingerprint density at radius 1 is 1.06 bits per heavy atom. The number of hydrogen-bond acceptors (Lipinski definition) is 5. The molecule has 0 saturated heterocycles. The summed E-state index contributed by atoms with van der Waals surface area (Å²) in [5.41, 5.74) is 4.98. The van der Waals surface area contributed by atoms with Gasteiger partial charge < -0.3 is 25.5 Å². The number of carboxylic acid groups (broad SMARTS) is 1. The molecule has 0 spiro atoms. The zero-order chi connectivity index (χ0) is 22.5. The summed E-state index contributed by atoms with van der Waals surface area (Å²) in [6, 6.07) is 14.8. The van der Waals surface area contributed by atoms with E-state index >= 15 is 0 Å². The Bertz CT molecular complexity index is 1080. The van der Waals surface area contributed by atoms with Gasteiger partial charge in [-0.1, -0.05) is 48.5 Å². The number of aliphatic carboxylic acids is 1. The van der Waals surface area contributed by atoms with Crippen LogP contribution in [0, 0.1) is 0 Å². The second-order valence-corrected chi connectivity index (χ2v) is 7.42. The van der Waals surface area contributed by atoms with Gasteiger partial charge in [-0.15, -0.1) is 0 Å². The summed E-state index contributed by atoms with van der Waals surface area (Å²) < 4.78 is 5.37. The van der Waals surface area contributed by atoms with Crippen LogP contribution in [0.5, 0.6) is 0 Å². The summed E-state index contributed by atoms with van der Waals surface area (Å²) in [4.78, 5) is 42.3. The number of aromatic nitrogens is 2. The van der Waals surface area contributed by atoms with Crippen LogP contribution in [0.3, 0.4) is 0 Å². The highest BCUT2D eigenvalue weighted by Crippen LogP contribution is 2.44. The smallest absolute Gasteiger partial charge is 0.407 e. The molecule has 1 aliphatic carbocycles. The fraction of sp³-hybridized carbons (Fsp3) is 0.217. The predicted octanol–water partition coefficient (Wildman–Crippen LogP) is 2.06. The molecule has 2 amide bonds. The van der Waals surface area contributed by atoms with Crippen LogP contribution in [0.4, 0.5) is 4.79 Å². The molecule has 2 aromatic carbocycles. The van der Waals surface area contributed by atoms with Gasteiger partial charge in [0.15, 0.2) is 0 Å². The van der Waals surface area contributed by atoms with Gasteiger partial charge in [0.1, 0.15) is 19.2 Å². The molecule has 0 fully saturated rings. The first-order chi connectivity index (χ1) is 15.5. The molecule has 1 aromatic heterocycles. The molecule has 9 heteroatoms. The van der Waals surface area contributed by atoms with Crippen molar-refractivity contribution in [2.75, 3.05) is 13.2 Å². The van der Waals surface area contributed by atoms with E-state index in [4.69, 9.17) is 4.74 Å². The van der Waals surface area contributed by atoms with E-state index in [2.05, 4.69) is 20.6 Å². The SMILES string of the molecule is O=C(CNC(=O)OCC1c2ccccc2-c2ccccc21)N[C@H](Cc1cnc[nH]1)C(=O)O. The minimum absolute atomic E-state index is 0.0476. The number of carbonyl (C=O) groups excluding carboxylic acids is 2. The average molecular weight is 434 g/mol. The number of carbonyl (C=O) groups is 3. The lowest BCUT2D eigenvalue weighted by atomic mass is 9.98. The molecular formula is C23H22N4O5. The van der Waals surface area contributed by atoms with Gasteiger partial charge in [0.05, 0.1) is 6.33 Å². The third-order valence-electron chi connectivity index (χ3n) is 5.35. The molecule has 1 aliphatic rings. The Morgan fingerprint density at radius 3 is 2.31 bits per heavy atom. The van der Waals surface area contributed by atoms with Crippen LogP contribution in [0.2, 0.25) is 0 Å². The lowest BCUT2D eigenvalue weighted by molar-refractivity contribution is -0.141.